The van der Waals surface area contributed by atoms with Crippen molar-refractivity contribution in [3.05, 3.63) is 88.2 Å². The second kappa shape index (κ2) is 11.0. The number of sulfone groups is 1. The van der Waals surface area contributed by atoms with Gasteiger partial charge in [-0.25, -0.2) is 17.2 Å². The Bertz CT molecular complexity index is 1630. The summed E-state index contributed by atoms with van der Waals surface area (Å²) in [5.74, 6) is -3.92. The first kappa shape index (κ1) is 30.5. The maximum atomic E-state index is 13.9. The lowest BCUT2D eigenvalue weighted by molar-refractivity contribution is -0.145. The molecule has 1 amide bonds. The number of carbonyl (C=O) groups is 1. The Labute approximate surface area is 248 Å². The number of fused-ring (bicyclic) bond motifs is 2. The lowest BCUT2D eigenvalue weighted by Gasteiger charge is -2.45. The van der Waals surface area contributed by atoms with Gasteiger partial charge in [-0.2, -0.15) is 0 Å². The fraction of sp³-hybridized carbons (Fsp3) is 0.419. The average molecular weight is 619 g/mol. The van der Waals surface area contributed by atoms with E-state index >= 15 is 0 Å². The van der Waals surface area contributed by atoms with Gasteiger partial charge in [0.25, 0.3) is 5.91 Å². The van der Waals surface area contributed by atoms with E-state index in [-0.39, 0.29) is 39.4 Å². The van der Waals surface area contributed by atoms with Gasteiger partial charge < -0.3 is 15.5 Å². The Balaban J connectivity index is 1.38. The van der Waals surface area contributed by atoms with Crippen LogP contribution in [-0.2, 0) is 15.3 Å². The number of pyridine rings is 1. The van der Waals surface area contributed by atoms with Gasteiger partial charge in [-0.05, 0) is 80.0 Å². The predicted molar refractivity (Wildman–Crippen MR) is 155 cm³/mol. The number of aliphatic hydroxyl groups excluding tert-OH is 1. The molecule has 2 aliphatic rings. The minimum Gasteiger partial charge on any atom is -0.386 e. The molecule has 2 aromatic carbocycles. The number of hydrogen-bond acceptors (Lipinski definition) is 6. The number of hydrogen-bond donors (Lipinski definition) is 3. The number of nitrogens with zero attached hydrogens (tertiary/aromatic N) is 1. The van der Waals surface area contributed by atoms with Crippen LogP contribution in [0, 0.1) is 23.5 Å². The van der Waals surface area contributed by atoms with Gasteiger partial charge in [0.2, 0.25) is 0 Å². The van der Waals surface area contributed by atoms with Crippen molar-refractivity contribution in [2.45, 2.75) is 73.7 Å². The minimum absolute atomic E-state index is 0.00230. The molecule has 2 bridgehead atoms. The van der Waals surface area contributed by atoms with E-state index < -0.39 is 56.2 Å². The first-order valence-electron chi connectivity index (χ1n) is 13.8. The number of rotatable bonds is 6. The average Bonchev–Trinajstić information content (AvgIpc) is 3.10. The summed E-state index contributed by atoms with van der Waals surface area (Å²) in [6.07, 6.45) is 0.0223. The zero-order chi connectivity index (χ0) is 30.6. The molecule has 224 valence electrons. The number of aromatic nitrogens is 1. The van der Waals surface area contributed by atoms with Gasteiger partial charge in [0.1, 0.15) is 11.7 Å². The molecular formula is C31H33ClF2N2O5S. The first-order chi connectivity index (χ1) is 19.6. The molecule has 3 aromatic rings. The van der Waals surface area contributed by atoms with E-state index in [2.05, 4.69) is 10.3 Å². The van der Waals surface area contributed by atoms with Gasteiger partial charge in [-0.15, -0.1) is 0 Å². The molecule has 0 aliphatic heterocycles. The highest BCUT2D eigenvalue weighted by Crippen LogP contribution is 2.56. The van der Waals surface area contributed by atoms with Crippen molar-refractivity contribution in [2.24, 2.45) is 11.8 Å². The molecular weight excluding hydrogens is 586 g/mol. The summed E-state index contributed by atoms with van der Waals surface area (Å²) < 4.78 is 54.6. The summed E-state index contributed by atoms with van der Waals surface area (Å²) in [5.41, 5.74) is -0.699. The van der Waals surface area contributed by atoms with Crippen molar-refractivity contribution in [2.75, 3.05) is 5.32 Å². The number of benzene rings is 2. The van der Waals surface area contributed by atoms with Gasteiger partial charge in [-0.3, -0.25) is 9.78 Å². The van der Waals surface area contributed by atoms with Crippen LogP contribution in [-0.4, -0.2) is 40.4 Å². The van der Waals surface area contributed by atoms with Crippen LogP contribution in [0.1, 0.15) is 74.3 Å². The third-order valence-corrected chi connectivity index (χ3v) is 11.3. The molecule has 3 N–H and O–H groups in total. The zero-order valence-electron chi connectivity index (χ0n) is 23.4. The second-order valence-electron chi connectivity index (χ2n) is 12.3. The van der Waals surface area contributed by atoms with Crippen LogP contribution in [0.15, 0.2) is 59.5 Å². The molecule has 1 heterocycles. The highest BCUT2D eigenvalue weighted by molar-refractivity contribution is 7.92. The largest absolute Gasteiger partial charge is 0.386 e. The molecule has 0 radical (unpaired) electrons. The second-order valence-corrected chi connectivity index (χ2v) is 14.9. The number of amides is 1. The van der Waals surface area contributed by atoms with Crippen molar-refractivity contribution in [3.8, 4) is 0 Å². The Hall–Kier alpha value is -2.92. The van der Waals surface area contributed by atoms with E-state index in [9.17, 15) is 32.2 Å². The predicted octanol–water partition coefficient (Wildman–Crippen LogP) is 5.99. The molecule has 2 fully saturated rings. The van der Waals surface area contributed by atoms with E-state index in [0.717, 1.165) is 17.8 Å². The smallest absolute Gasteiger partial charge is 0.255 e. The molecule has 2 unspecified atom stereocenters. The molecule has 5 rings (SSSR count). The summed E-state index contributed by atoms with van der Waals surface area (Å²) in [7, 11) is -4.06. The number of anilines is 1. The first-order valence-corrected chi connectivity index (χ1v) is 15.7. The van der Waals surface area contributed by atoms with Gasteiger partial charge >= 0.3 is 0 Å². The van der Waals surface area contributed by atoms with Crippen molar-refractivity contribution in [1.29, 1.82) is 0 Å². The van der Waals surface area contributed by atoms with Gasteiger partial charge in [-0.1, -0.05) is 38.4 Å². The number of aliphatic hydroxyl groups is 2. The van der Waals surface area contributed by atoms with E-state index in [1.165, 1.54) is 24.3 Å². The van der Waals surface area contributed by atoms with E-state index in [4.69, 9.17) is 11.6 Å². The van der Waals surface area contributed by atoms with Crippen LogP contribution in [0.4, 0.5) is 14.5 Å². The molecule has 11 heteroatoms. The summed E-state index contributed by atoms with van der Waals surface area (Å²) in [6, 6.07) is 12.0. The van der Waals surface area contributed by atoms with Crippen LogP contribution in [0.25, 0.3) is 0 Å². The standard InChI is InChI=1S/C31H33ClF2N2O5S/c1-30(2,3)27-6-4-5-25(36-27)28(37)31(39)18-8-9-19(31)15-21(14-18)42(40,41)26-13-17(7-11-22(26)32)29(38)35-20-10-12-23(33)24(34)16-20/h4-7,10-13,16,18-19,21,28,37,39H,8-9,14-15H2,1-3H3,(H,35,38)/t18-,19?,21-,28?,31-/m0/s1. The summed E-state index contributed by atoms with van der Waals surface area (Å²) in [5, 5.41) is 24.8. The topological polar surface area (TPSA) is 117 Å². The van der Waals surface area contributed by atoms with E-state index in [1.807, 2.05) is 26.8 Å². The molecule has 0 spiro atoms. The lowest BCUT2D eigenvalue weighted by Crippen LogP contribution is -2.52. The molecule has 42 heavy (non-hydrogen) atoms. The molecule has 2 saturated carbocycles. The van der Waals surface area contributed by atoms with Gasteiger partial charge in [0.15, 0.2) is 21.5 Å². The lowest BCUT2D eigenvalue weighted by atomic mass is 9.70. The van der Waals surface area contributed by atoms with E-state index in [0.29, 0.717) is 18.5 Å². The van der Waals surface area contributed by atoms with Crippen LogP contribution in [0.3, 0.4) is 0 Å². The zero-order valence-corrected chi connectivity index (χ0v) is 25.0. The number of nitrogens with one attached hydrogen (secondary N) is 1. The Morgan fingerprint density at radius 3 is 2.33 bits per heavy atom. The fourth-order valence-electron chi connectivity index (χ4n) is 6.32. The van der Waals surface area contributed by atoms with Gasteiger partial charge in [0.05, 0.1) is 20.9 Å². The van der Waals surface area contributed by atoms with E-state index in [1.54, 1.807) is 12.1 Å². The third kappa shape index (κ3) is 5.45. The Kier molecular flexibility index (Phi) is 7.98. The monoisotopic (exact) mass is 618 g/mol. The van der Waals surface area contributed by atoms with Crippen LogP contribution < -0.4 is 5.32 Å². The summed E-state index contributed by atoms with van der Waals surface area (Å²) in [4.78, 5) is 17.2. The van der Waals surface area contributed by atoms with Crippen molar-refractivity contribution in [1.82, 2.24) is 4.98 Å². The van der Waals surface area contributed by atoms with Crippen molar-refractivity contribution in [3.63, 3.8) is 0 Å². The highest BCUT2D eigenvalue weighted by Gasteiger charge is 2.59. The Morgan fingerprint density at radius 1 is 1.05 bits per heavy atom. The molecule has 0 saturated heterocycles. The minimum atomic E-state index is -4.06. The highest BCUT2D eigenvalue weighted by atomic mass is 35.5. The molecule has 1 aromatic heterocycles. The number of carbonyl (C=O) groups excluding carboxylic acids is 1. The van der Waals surface area contributed by atoms with Crippen LogP contribution in [0.2, 0.25) is 5.02 Å². The number of halogens is 3. The maximum absolute atomic E-state index is 13.9. The quantitative estimate of drug-likeness (QED) is 0.312. The van der Waals surface area contributed by atoms with Crippen molar-refractivity contribution >= 4 is 33.0 Å². The van der Waals surface area contributed by atoms with Gasteiger partial charge in [0, 0.05) is 28.4 Å². The Morgan fingerprint density at radius 2 is 1.71 bits per heavy atom. The third-order valence-electron chi connectivity index (χ3n) is 8.64. The van der Waals surface area contributed by atoms with Crippen molar-refractivity contribution < 1.29 is 32.2 Å². The molecule has 7 nitrogen and oxygen atoms in total. The fourth-order valence-corrected chi connectivity index (χ4v) is 8.72. The summed E-state index contributed by atoms with van der Waals surface area (Å²) >= 11 is 6.33. The summed E-state index contributed by atoms with van der Waals surface area (Å²) in [6.45, 7) is 6.02. The normalized spacial score (nSPS) is 24.8. The molecule has 5 atom stereocenters. The van der Waals surface area contributed by atoms with Crippen LogP contribution >= 0.6 is 11.6 Å². The van der Waals surface area contributed by atoms with Crippen LogP contribution in [0.5, 0.6) is 0 Å². The molecule has 2 aliphatic carbocycles. The SMILES string of the molecule is CC(C)(C)c1cccc(C(O)[C@@]2(O)C3CC[C@H]2C[C@H](S(=O)(=O)c2cc(C(=O)Nc4ccc(F)c(F)c4)ccc2Cl)C3)n1. The maximum Gasteiger partial charge on any atom is 0.255 e.